The van der Waals surface area contributed by atoms with E-state index in [4.69, 9.17) is 0 Å². The summed E-state index contributed by atoms with van der Waals surface area (Å²) in [4.78, 5) is 21.1. The van der Waals surface area contributed by atoms with Crippen LogP contribution in [0.5, 0.6) is 0 Å². The van der Waals surface area contributed by atoms with Gasteiger partial charge >= 0.3 is 6.18 Å². The fourth-order valence-corrected chi connectivity index (χ4v) is 2.87. The molecule has 0 aliphatic rings. The van der Waals surface area contributed by atoms with Crippen molar-refractivity contribution in [1.82, 2.24) is 14.9 Å². The maximum absolute atomic E-state index is 12.7. The first-order valence-corrected chi connectivity index (χ1v) is 7.50. The van der Waals surface area contributed by atoms with E-state index in [0.29, 0.717) is 5.56 Å². The Labute approximate surface area is 135 Å². The van der Waals surface area contributed by atoms with E-state index in [-0.39, 0.29) is 11.1 Å². The molecule has 2 rings (SSSR count). The molecule has 23 heavy (non-hydrogen) atoms. The number of alkyl halides is 3. The molecular weight excluding hydrogens is 327 g/mol. The summed E-state index contributed by atoms with van der Waals surface area (Å²) >= 11 is 0.895. The predicted octanol–water partition coefficient (Wildman–Crippen LogP) is 3.42. The van der Waals surface area contributed by atoms with Gasteiger partial charge in [0, 0.05) is 20.3 Å². The molecule has 1 aromatic carbocycles. The molecule has 1 unspecified atom stereocenters. The third kappa shape index (κ3) is 4.44. The highest BCUT2D eigenvalue weighted by Crippen LogP contribution is 2.36. The Bertz CT molecular complexity index is 677. The minimum Gasteiger partial charge on any atom is -0.348 e. The molecule has 4 nitrogen and oxygen atoms in total. The molecule has 0 spiro atoms. The number of halogens is 3. The molecule has 8 heteroatoms. The van der Waals surface area contributed by atoms with Gasteiger partial charge in [-0.2, -0.15) is 13.2 Å². The molecule has 0 aliphatic heterocycles. The van der Waals surface area contributed by atoms with Gasteiger partial charge in [-0.1, -0.05) is 42.1 Å². The maximum atomic E-state index is 12.7. The van der Waals surface area contributed by atoms with Crippen LogP contribution in [-0.4, -0.2) is 34.9 Å². The zero-order valence-electron chi connectivity index (χ0n) is 12.4. The van der Waals surface area contributed by atoms with Crippen molar-refractivity contribution in [2.45, 2.75) is 16.6 Å². The minimum atomic E-state index is -4.55. The van der Waals surface area contributed by atoms with Crippen LogP contribution in [0.1, 0.15) is 16.5 Å². The van der Waals surface area contributed by atoms with E-state index in [9.17, 15) is 18.0 Å². The summed E-state index contributed by atoms with van der Waals surface area (Å²) in [5, 5.41) is -0.807. The fraction of sp³-hybridized carbons (Fsp3) is 0.267. The average molecular weight is 341 g/mol. The summed E-state index contributed by atoms with van der Waals surface area (Å²) in [6.45, 7) is 0. The Morgan fingerprint density at radius 1 is 1.17 bits per heavy atom. The second kappa shape index (κ2) is 6.99. The molecule has 1 aromatic heterocycles. The van der Waals surface area contributed by atoms with Gasteiger partial charge in [-0.05, 0) is 11.6 Å². The number of likely N-dealkylation sites (N-methyl/N-ethyl adjacent to an activating group) is 1. The van der Waals surface area contributed by atoms with Crippen LogP contribution in [-0.2, 0) is 11.0 Å². The first-order chi connectivity index (χ1) is 10.8. The largest absolute Gasteiger partial charge is 0.433 e. The topological polar surface area (TPSA) is 46.1 Å². The van der Waals surface area contributed by atoms with Gasteiger partial charge in [-0.25, -0.2) is 9.97 Å². The van der Waals surface area contributed by atoms with Gasteiger partial charge in [0.1, 0.15) is 10.9 Å². The van der Waals surface area contributed by atoms with E-state index in [1.54, 1.807) is 44.4 Å². The molecule has 0 N–H and O–H groups in total. The number of thioether (sulfide) groups is 1. The van der Waals surface area contributed by atoms with Crippen molar-refractivity contribution in [3.8, 4) is 0 Å². The second-order valence-corrected chi connectivity index (χ2v) is 5.94. The van der Waals surface area contributed by atoms with Gasteiger partial charge in [-0.15, -0.1) is 0 Å². The SMILES string of the molecule is CN(C)C(=O)C(Sc1nccc(C(F)(F)F)n1)c1ccccc1. The average Bonchev–Trinajstić information content (AvgIpc) is 2.52. The molecule has 0 saturated carbocycles. The lowest BCUT2D eigenvalue weighted by atomic mass is 10.1. The molecule has 0 radical (unpaired) electrons. The number of benzene rings is 1. The quantitative estimate of drug-likeness (QED) is 0.631. The van der Waals surface area contributed by atoms with E-state index in [1.807, 2.05) is 0 Å². The maximum Gasteiger partial charge on any atom is 0.433 e. The van der Waals surface area contributed by atoms with Crippen LogP contribution in [0.15, 0.2) is 47.8 Å². The fourth-order valence-electron chi connectivity index (χ4n) is 1.78. The standard InChI is InChI=1S/C15H14F3N3OS/c1-21(2)13(22)12(10-6-4-3-5-7-10)23-14-19-9-8-11(20-14)15(16,17)18/h3-9,12H,1-2H3. The van der Waals surface area contributed by atoms with Crippen molar-refractivity contribution < 1.29 is 18.0 Å². The Balaban J connectivity index is 2.34. The van der Waals surface area contributed by atoms with Gasteiger partial charge in [0.2, 0.25) is 5.91 Å². The predicted molar refractivity (Wildman–Crippen MR) is 80.8 cm³/mol. The van der Waals surface area contributed by atoms with Gasteiger partial charge in [-0.3, -0.25) is 4.79 Å². The summed E-state index contributed by atoms with van der Waals surface area (Å²) in [6.07, 6.45) is -3.51. The lowest BCUT2D eigenvalue weighted by molar-refractivity contribution is -0.141. The molecule has 0 aliphatic carbocycles. The Kier molecular flexibility index (Phi) is 5.25. The van der Waals surface area contributed by atoms with Crippen LogP contribution < -0.4 is 0 Å². The molecular formula is C15H14F3N3OS. The molecule has 0 bridgehead atoms. The van der Waals surface area contributed by atoms with Gasteiger partial charge in [0.05, 0.1) is 0 Å². The summed E-state index contributed by atoms with van der Waals surface area (Å²) in [5.41, 5.74) is -0.351. The highest BCUT2D eigenvalue weighted by molar-refractivity contribution is 8.00. The molecule has 2 aromatic rings. The molecule has 0 saturated heterocycles. The zero-order valence-corrected chi connectivity index (χ0v) is 13.2. The number of rotatable bonds is 4. The van der Waals surface area contributed by atoms with Crippen molar-refractivity contribution in [2.24, 2.45) is 0 Å². The van der Waals surface area contributed by atoms with Crippen LogP contribution in [0.25, 0.3) is 0 Å². The molecule has 1 atom stereocenters. The Morgan fingerprint density at radius 2 is 1.83 bits per heavy atom. The van der Waals surface area contributed by atoms with Crippen LogP contribution >= 0.6 is 11.8 Å². The van der Waals surface area contributed by atoms with Crippen LogP contribution in [0.4, 0.5) is 13.2 Å². The molecule has 1 heterocycles. The van der Waals surface area contributed by atoms with Crippen molar-refractivity contribution in [1.29, 1.82) is 0 Å². The number of nitrogens with zero attached hydrogens (tertiary/aromatic N) is 3. The molecule has 1 amide bonds. The summed E-state index contributed by atoms with van der Waals surface area (Å²) in [5.74, 6) is -0.248. The minimum absolute atomic E-state index is 0.0936. The van der Waals surface area contributed by atoms with E-state index < -0.39 is 17.1 Å². The number of carbonyl (C=O) groups is 1. The van der Waals surface area contributed by atoms with E-state index >= 15 is 0 Å². The first-order valence-electron chi connectivity index (χ1n) is 6.62. The van der Waals surface area contributed by atoms with E-state index in [0.717, 1.165) is 24.0 Å². The van der Waals surface area contributed by atoms with Crippen molar-refractivity contribution in [2.75, 3.05) is 14.1 Å². The summed E-state index contributed by atoms with van der Waals surface area (Å²) < 4.78 is 38.2. The number of carbonyl (C=O) groups excluding carboxylic acids is 1. The van der Waals surface area contributed by atoms with E-state index in [2.05, 4.69) is 9.97 Å². The second-order valence-electron chi connectivity index (χ2n) is 4.86. The van der Waals surface area contributed by atoms with Gasteiger partial charge in [0.15, 0.2) is 5.16 Å². The number of hydrogen-bond donors (Lipinski definition) is 0. The highest BCUT2D eigenvalue weighted by atomic mass is 32.2. The number of hydrogen-bond acceptors (Lipinski definition) is 4. The lowest BCUT2D eigenvalue weighted by Crippen LogP contribution is -2.26. The highest BCUT2D eigenvalue weighted by Gasteiger charge is 2.33. The first kappa shape index (κ1) is 17.3. The molecule has 0 fully saturated rings. The molecule has 122 valence electrons. The Morgan fingerprint density at radius 3 is 2.39 bits per heavy atom. The smallest absolute Gasteiger partial charge is 0.348 e. The third-order valence-electron chi connectivity index (χ3n) is 2.91. The summed E-state index contributed by atoms with van der Waals surface area (Å²) in [6, 6.07) is 9.61. The Hall–Kier alpha value is -2.09. The normalized spacial score (nSPS) is 12.7. The van der Waals surface area contributed by atoms with Crippen molar-refractivity contribution in [3.05, 3.63) is 53.9 Å². The lowest BCUT2D eigenvalue weighted by Gasteiger charge is -2.20. The van der Waals surface area contributed by atoms with Gasteiger partial charge < -0.3 is 4.90 Å². The van der Waals surface area contributed by atoms with E-state index in [1.165, 1.54) is 4.90 Å². The van der Waals surface area contributed by atoms with Crippen molar-refractivity contribution >= 4 is 17.7 Å². The van der Waals surface area contributed by atoms with Crippen LogP contribution in [0, 0.1) is 0 Å². The summed E-state index contributed by atoms with van der Waals surface area (Å²) in [7, 11) is 3.18. The zero-order chi connectivity index (χ0) is 17.0. The third-order valence-corrected chi connectivity index (χ3v) is 4.03. The van der Waals surface area contributed by atoms with Crippen LogP contribution in [0.3, 0.4) is 0 Å². The number of aromatic nitrogens is 2. The van der Waals surface area contributed by atoms with Gasteiger partial charge in [0.25, 0.3) is 0 Å². The monoisotopic (exact) mass is 341 g/mol. The van der Waals surface area contributed by atoms with Crippen molar-refractivity contribution in [3.63, 3.8) is 0 Å². The van der Waals surface area contributed by atoms with Crippen LogP contribution in [0.2, 0.25) is 0 Å². The number of amides is 1.